The van der Waals surface area contributed by atoms with E-state index in [1.807, 2.05) is 40.7 Å². The first-order chi connectivity index (χ1) is 11.3. The standard InChI is InChI=1S/C18H28N2O2.C2H6/c1-17(2,3)22-16(21)19-18(4)10-12-20(13-11-18)14-15-8-6-5-7-9-15;1-2/h5-9H,10-14H2,1-4H3,(H,19,21);1-2H3. The summed E-state index contributed by atoms with van der Waals surface area (Å²) in [6.45, 7) is 14.7. The van der Waals surface area contributed by atoms with Crippen LogP contribution in [0.25, 0.3) is 0 Å². The number of likely N-dealkylation sites (tertiary alicyclic amines) is 1. The lowest BCUT2D eigenvalue weighted by molar-refractivity contribution is 0.0401. The Morgan fingerprint density at radius 2 is 1.71 bits per heavy atom. The Hall–Kier alpha value is -1.55. The van der Waals surface area contributed by atoms with Gasteiger partial charge in [0.15, 0.2) is 0 Å². The number of carbonyl (C=O) groups is 1. The van der Waals surface area contributed by atoms with Gasteiger partial charge in [-0.2, -0.15) is 0 Å². The lowest BCUT2D eigenvalue weighted by atomic mass is 9.89. The second-order valence-electron chi connectivity index (χ2n) is 7.45. The number of amides is 1. The molecule has 1 N–H and O–H groups in total. The quantitative estimate of drug-likeness (QED) is 0.879. The average Bonchev–Trinajstić information content (AvgIpc) is 2.51. The van der Waals surface area contributed by atoms with Crippen molar-refractivity contribution in [1.29, 1.82) is 0 Å². The number of hydrogen-bond donors (Lipinski definition) is 1. The van der Waals surface area contributed by atoms with Gasteiger partial charge in [-0.1, -0.05) is 44.2 Å². The van der Waals surface area contributed by atoms with Crippen LogP contribution in [0.15, 0.2) is 30.3 Å². The lowest BCUT2D eigenvalue weighted by Crippen LogP contribution is -2.54. The van der Waals surface area contributed by atoms with Crippen LogP contribution in [-0.2, 0) is 11.3 Å². The van der Waals surface area contributed by atoms with Gasteiger partial charge in [-0.15, -0.1) is 0 Å². The van der Waals surface area contributed by atoms with E-state index in [0.717, 1.165) is 32.5 Å². The molecule has 1 heterocycles. The fourth-order valence-electron chi connectivity index (χ4n) is 2.72. The molecule has 1 aromatic carbocycles. The Balaban J connectivity index is 0.00000139. The summed E-state index contributed by atoms with van der Waals surface area (Å²) in [5.74, 6) is 0. The van der Waals surface area contributed by atoms with Crippen molar-refractivity contribution < 1.29 is 9.53 Å². The number of nitrogens with one attached hydrogen (secondary N) is 1. The molecule has 1 saturated heterocycles. The minimum Gasteiger partial charge on any atom is -0.444 e. The van der Waals surface area contributed by atoms with E-state index in [4.69, 9.17) is 4.74 Å². The molecule has 4 nitrogen and oxygen atoms in total. The topological polar surface area (TPSA) is 41.6 Å². The van der Waals surface area contributed by atoms with Crippen LogP contribution in [0.2, 0.25) is 0 Å². The summed E-state index contributed by atoms with van der Waals surface area (Å²) in [4.78, 5) is 14.4. The van der Waals surface area contributed by atoms with Crippen molar-refractivity contribution in [2.75, 3.05) is 13.1 Å². The van der Waals surface area contributed by atoms with Gasteiger partial charge in [0.05, 0.1) is 0 Å². The molecular formula is C20H34N2O2. The van der Waals surface area contributed by atoms with E-state index >= 15 is 0 Å². The van der Waals surface area contributed by atoms with Gasteiger partial charge in [-0.25, -0.2) is 4.79 Å². The number of ether oxygens (including phenoxy) is 1. The van der Waals surface area contributed by atoms with Crippen LogP contribution in [0.1, 0.15) is 59.9 Å². The first-order valence-corrected chi connectivity index (χ1v) is 9.03. The Morgan fingerprint density at radius 1 is 1.17 bits per heavy atom. The number of carbonyl (C=O) groups excluding carboxylic acids is 1. The van der Waals surface area contributed by atoms with Crippen molar-refractivity contribution in [2.24, 2.45) is 0 Å². The molecule has 1 aliphatic heterocycles. The van der Waals surface area contributed by atoms with Crippen LogP contribution < -0.4 is 5.32 Å². The Morgan fingerprint density at radius 3 is 2.21 bits per heavy atom. The number of piperidine rings is 1. The first-order valence-electron chi connectivity index (χ1n) is 9.03. The molecule has 0 bridgehead atoms. The third-order valence-electron chi connectivity index (χ3n) is 4.01. The number of benzene rings is 1. The van der Waals surface area contributed by atoms with Crippen molar-refractivity contribution in [3.05, 3.63) is 35.9 Å². The fourth-order valence-corrected chi connectivity index (χ4v) is 2.72. The molecule has 0 aliphatic carbocycles. The van der Waals surface area contributed by atoms with Gasteiger partial charge in [-0.05, 0) is 46.1 Å². The van der Waals surface area contributed by atoms with Crippen molar-refractivity contribution >= 4 is 6.09 Å². The normalized spacial score (nSPS) is 17.4. The summed E-state index contributed by atoms with van der Waals surface area (Å²) < 4.78 is 5.36. The number of nitrogens with zero attached hydrogens (tertiary/aromatic N) is 1. The van der Waals surface area contributed by atoms with E-state index < -0.39 is 5.60 Å². The molecule has 1 aliphatic rings. The van der Waals surface area contributed by atoms with Crippen LogP contribution in [0, 0.1) is 0 Å². The first kappa shape index (κ1) is 20.5. The third-order valence-corrected chi connectivity index (χ3v) is 4.01. The van der Waals surface area contributed by atoms with Crippen molar-refractivity contribution in [3.8, 4) is 0 Å². The maximum atomic E-state index is 12.0. The van der Waals surface area contributed by atoms with Gasteiger partial charge in [-0.3, -0.25) is 4.90 Å². The summed E-state index contributed by atoms with van der Waals surface area (Å²) >= 11 is 0. The summed E-state index contributed by atoms with van der Waals surface area (Å²) in [5, 5.41) is 3.05. The van der Waals surface area contributed by atoms with E-state index in [-0.39, 0.29) is 11.6 Å². The van der Waals surface area contributed by atoms with E-state index in [9.17, 15) is 4.79 Å². The van der Waals surface area contributed by atoms with Gasteiger partial charge in [0, 0.05) is 25.2 Å². The van der Waals surface area contributed by atoms with E-state index in [2.05, 4.69) is 41.4 Å². The Kier molecular flexibility index (Phi) is 7.74. The number of alkyl carbamates (subject to hydrolysis) is 1. The monoisotopic (exact) mass is 334 g/mol. The zero-order chi connectivity index (χ0) is 18.2. The zero-order valence-corrected chi connectivity index (χ0v) is 16.2. The predicted molar refractivity (Wildman–Crippen MR) is 100 cm³/mol. The lowest BCUT2D eigenvalue weighted by Gasteiger charge is -2.40. The third kappa shape index (κ3) is 7.35. The molecule has 0 atom stereocenters. The Bertz CT molecular complexity index is 486. The van der Waals surface area contributed by atoms with Crippen molar-refractivity contribution in [2.45, 2.75) is 72.1 Å². The number of hydrogen-bond acceptors (Lipinski definition) is 3. The molecule has 0 radical (unpaired) electrons. The molecule has 136 valence electrons. The van der Waals surface area contributed by atoms with Crippen LogP contribution >= 0.6 is 0 Å². The van der Waals surface area contributed by atoms with E-state index in [1.165, 1.54) is 5.56 Å². The molecule has 24 heavy (non-hydrogen) atoms. The molecule has 0 saturated carbocycles. The fraction of sp³-hybridized carbons (Fsp3) is 0.650. The van der Waals surface area contributed by atoms with Gasteiger partial charge in [0.2, 0.25) is 0 Å². The maximum absolute atomic E-state index is 12.0. The second-order valence-corrected chi connectivity index (χ2v) is 7.45. The maximum Gasteiger partial charge on any atom is 0.408 e. The van der Waals surface area contributed by atoms with E-state index in [1.54, 1.807) is 0 Å². The highest BCUT2D eigenvalue weighted by molar-refractivity contribution is 5.68. The van der Waals surface area contributed by atoms with Gasteiger partial charge in [0.1, 0.15) is 5.60 Å². The highest BCUT2D eigenvalue weighted by atomic mass is 16.6. The molecule has 1 aromatic rings. The highest BCUT2D eigenvalue weighted by Crippen LogP contribution is 2.23. The molecule has 1 amide bonds. The van der Waals surface area contributed by atoms with Crippen LogP contribution in [0.3, 0.4) is 0 Å². The van der Waals surface area contributed by atoms with E-state index in [0.29, 0.717) is 0 Å². The smallest absolute Gasteiger partial charge is 0.408 e. The predicted octanol–water partition coefficient (Wildman–Crippen LogP) is 4.59. The minimum absolute atomic E-state index is 0.171. The second kappa shape index (κ2) is 9.07. The zero-order valence-electron chi connectivity index (χ0n) is 16.2. The number of rotatable bonds is 3. The average molecular weight is 335 g/mol. The van der Waals surface area contributed by atoms with Crippen molar-refractivity contribution in [3.63, 3.8) is 0 Å². The van der Waals surface area contributed by atoms with Crippen LogP contribution in [-0.4, -0.2) is 35.2 Å². The molecular weight excluding hydrogens is 300 g/mol. The minimum atomic E-state index is -0.450. The summed E-state index contributed by atoms with van der Waals surface area (Å²) in [6, 6.07) is 10.5. The molecule has 0 spiro atoms. The van der Waals surface area contributed by atoms with Gasteiger partial charge < -0.3 is 10.1 Å². The SMILES string of the molecule is CC.CC1(NC(=O)OC(C)(C)C)CCN(Cc2ccccc2)CC1. The van der Waals surface area contributed by atoms with Crippen LogP contribution in [0.4, 0.5) is 4.79 Å². The molecule has 0 unspecified atom stereocenters. The summed E-state index contributed by atoms with van der Waals surface area (Å²) in [5.41, 5.74) is 0.718. The summed E-state index contributed by atoms with van der Waals surface area (Å²) in [6.07, 6.45) is 1.57. The molecule has 1 fully saturated rings. The highest BCUT2D eigenvalue weighted by Gasteiger charge is 2.32. The largest absolute Gasteiger partial charge is 0.444 e. The van der Waals surface area contributed by atoms with Crippen LogP contribution in [0.5, 0.6) is 0 Å². The van der Waals surface area contributed by atoms with Gasteiger partial charge >= 0.3 is 6.09 Å². The van der Waals surface area contributed by atoms with Gasteiger partial charge in [0.25, 0.3) is 0 Å². The molecule has 0 aromatic heterocycles. The molecule has 4 heteroatoms. The molecule has 2 rings (SSSR count). The summed E-state index contributed by atoms with van der Waals surface area (Å²) in [7, 11) is 0. The Labute approximate surface area is 147 Å². The van der Waals surface area contributed by atoms with Crippen molar-refractivity contribution in [1.82, 2.24) is 10.2 Å².